The predicted octanol–water partition coefficient (Wildman–Crippen LogP) is 2.32. The van der Waals surface area contributed by atoms with E-state index in [-0.39, 0.29) is 4.90 Å². The van der Waals surface area contributed by atoms with Gasteiger partial charge in [0.25, 0.3) is 15.9 Å². The van der Waals surface area contributed by atoms with Crippen LogP contribution < -0.4 is 4.72 Å². The molecule has 5 nitrogen and oxygen atoms in total. The first-order valence-corrected chi connectivity index (χ1v) is 8.53. The average Bonchev–Trinajstić information content (AvgIpc) is 2.82. The van der Waals surface area contributed by atoms with Gasteiger partial charge in [0.05, 0.1) is 10.5 Å². The van der Waals surface area contributed by atoms with Crippen molar-refractivity contribution < 1.29 is 13.2 Å². The topological polar surface area (TPSA) is 68.2 Å². The van der Waals surface area contributed by atoms with Crippen LogP contribution in [0.1, 0.15) is 34.1 Å². The van der Waals surface area contributed by atoms with E-state index in [4.69, 9.17) is 0 Å². The molecule has 1 heterocycles. The number of amides is 1. The summed E-state index contributed by atoms with van der Waals surface area (Å²) in [7, 11) is -2.04. The summed E-state index contributed by atoms with van der Waals surface area (Å²) in [6, 6.07) is 6.43. The minimum atomic E-state index is -3.87. The Morgan fingerprint density at radius 2 is 1.86 bits per heavy atom. The number of hydrogen-bond donors (Lipinski definition) is 1. The number of hydrogen-bond acceptors (Lipinski definition) is 3. The molecule has 0 fully saturated rings. The van der Waals surface area contributed by atoms with Gasteiger partial charge in [-0.2, -0.15) is 0 Å². The van der Waals surface area contributed by atoms with Crippen molar-refractivity contribution >= 4 is 15.9 Å². The van der Waals surface area contributed by atoms with E-state index in [1.807, 2.05) is 32.4 Å². The molecule has 1 amide bonds. The zero-order valence-corrected chi connectivity index (χ0v) is 14.0. The number of nitrogens with one attached hydrogen (secondary N) is 1. The first kappa shape index (κ1) is 16.3. The second kappa shape index (κ2) is 5.96. The number of nitrogens with zero attached hydrogens (tertiary/aromatic N) is 1. The van der Waals surface area contributed by atoms with Crippen LogP contribution in [0.2, 0.25) is 0 Å². The van der Waals surface area contributed by atoms with Crippen LogP contribution in [-0.4, -0.2) is 18.9 Å². The minimum Gasteiger partial charge on any atom is -0.354 e. The SMILES string of the molecule is CCc1c(C(=O)NS(=O)(=O)c2ccc(C)c(C)c2)ccn1C. The lowest BCUT2D eigenvalue weighted by molar-refractivity contribution is 0.0980. The van der Waals surface area contributed by atoms with Gasteiger partial charge in [-0.15, -0.1) is 0 Å². The first-order chi connectivity index (χ1) is 10.3. The summed E-state index contributed by atoms with van der Waals surface area (Å²) in [4.78, 5) is 12.4. The molecule has 0 unspecified atom stereocenters. The Labute approximate surface area is 131 Å². The van der Waals surface area contributed by atoms with E-state index >= 15 is 0 Å². The normalized spacial score (nSPS) is 11.5. The summed E-state index contributed by atoms with van der Waals surface area (Å²) in [5, 5.41) is 0. The highest BCUT2D eigenvalue weighted by Gasteiger charge is 2.21. The number of carbonyl (C=O) groups excluding carboxylic acids is 1. The van der Waals surface area contributed by atoms with Crippen LogP contribution in [0.3, 0.4) is 0 Å². The Kier molecular flexibility index (Phi) is 4.42. The number of aromatic nitrogens is 1. The second-order valence-corrected chi connectivity index (χ2v) is 7.00. The van der Waals surface area contributed by atoms with E-state index in [0.29, 0.717) is 12.0 Å². The number of sulfonamides is 1. The Balaban J connectivity index is 2.31. The van der Waals surface area contributed by atoms with Crippen LogP contribution in [0, 0.1) is 13.8 Å². The number of carbonyl (C=O) groups is 1. The molecule has 0 bridgehead atoms. The van der Waals surface area contributed by atoms with Gasteiger partial charge in [-0.05, 0) is 49.6 Å². The lowest BCUT2D eigenvalue weighted by Crippen LogP contribution is -2.31. The smallest absolute Gasteiger partial charge is 0.266 e. The summed E-state index contributed by atoms with van der Waals surface area (Å²) in [6.07, 6.45) is 2.40. The summed E-state index contributed by atoms with van der Waals surface area (Å²) >= 11 is 0. The van der Waals surface area contributed by atoms with Crippen LogP contribution in [0.5, 0.6) is 0 Å². The van der Waals surface area contributed by atoms with E-state index in [1.54, 1.807) is 24.4 Å². The second-order valence-electron chi connectivity index (χ2n) is 5.32. The standard InChI is InChI=1S/C16H20N2O3S/c1-5-15-14(8-9-18(15)4)16(19)17-22(20,21)13-7-6-11(2)12(3)10-13/h6-10H,5H2,1-4H3,(H,17,19). The van der Waals surface area contributed by atoms with Crippen molar-refractivity contribution in [1.82, 2.24) is 9.29 Å². The Bertz CT molecular complexity index is 820. The van der Waals surface area contributed by atoms with E-state index in [0.717, 1.165) is 16.8 Å². The molecule has 0 spiro atoms. The fourth-order valence-corrected chi connectivity index (χ4v) is 3.38. The molecule has 0 radical (unpaired) electrons. The third-order valence-corrected chi connectivity index (χ3v) is 5.13. The lowest BCUT2D eigenvalue weighted by atomic mass is 10.1. The van der Waals surface area contributed by atoms with Crippen molar-refractivity contribution in [2.45, 2.75) is 32.1 Å². The largest absolute Gasteiger partial charge is 0.354 e. The first-order valence-electron chi connectivity index (χ1n) is 7.05. The third-order valence-electron chi connectivity index (χ3n) is 3.80. The van der Waals surface area contributed by atoms with E-state index in [9.17, 15) is 13.2 Å². The van der Waals surface area contributed by atoms with Crippen molar-refractivity contribution in [2.24, 2.45) is 7.05 Å². The van der Waals surface area contributed by atoms with Gasteiger partial charge in [0.15, 0.2) is 0 Å². The highest BCUT2D eigenvalue weighted by Crippen LogP contribution is 2.16. The summed E-state index contributed by atoms with van der Waals surface area (Å²) in [5.41, 5.74) is 3.05. The molecule has 0 aliphatic carbocycles. The maximum atomic E-state index is 12.3. The highest BCUT2D eigenvalue weighted by molar-refractivity contribution is 7.90. The molecule has 2 rings (SSSR count). The molecule has 22 heavy (non-hydrogen) atoms. The lowest BCUT2D eigenvalue weighted by Gasteiger charge is -2.09. The molecule has 1 aromatic carbocycles. The summed E-state index contributed by atoms with van der Waals surface area (Å²) < 4.78 is 28.7. The van der Waals surface area contributed by atoms with Gasteiger partial charge in [-0.1, -0.05) is 13.0 Å². The Morgan fingerprint density at radius 1 is 1.18 bits per heavy atom. The van der Waals surface area contributed by atoms with Crippen molar-refractivity contribution in [3.63, 3.8) is 0 Å². The van der Waals surface area contributed by atoms with Crippen molar-refractivity contribution in [2.75, 3.05) is 0 Å². The van der Waals surface area contributed by atoms with Gasteiger partial charge in [0.2, 0.25) is 0 Å². The van der Waals surface area contributed by atoms with E-state index in [2.05, 4.69) is 4.72 Å². The monoisotopic (exact) mass is 320 g/mol. The van der Waals surface area contributed by atoms with Crippen molar-refractivity contribution in [3.8, 4) is 0 Å². The van der Waals surface area contributed by atoms with Crippen LogP contribution in [-0.2, 0) is 23.5 Å². The van der Waals surface area contributed by atoms with Crippen LogP contribution in [0.4, 0.5) is 0 Å². The summed E-state index contributed by atoms with van der Waals surface area (Å²) in [6.45, 7) is 5.66. The van der Waals surface area contributed by atoms with Crippen molar-refractivity contribution in [1.29, 1.82) is 0 Å². The van der Waals surface area contributed by atoms with Crippen LogP contribution in [0.15, 0.2) is 35.4 Å². The molecular weight excluding hydrogens is 300 g/mol. The maximum absolute atomic E-state index is 12.3. The van der Waals surface area contributed by atoms with Gasteiger partial charge in [-0.3, -0.25) is 4.79 Å². The molecule has 118 valence electrons. The van der Waals surface area contributed by atoms with Gasteiger partial charge < -0.3 is 4.57 Å². The zero-order valence-electron chi connectivity index (χ0n) is 13.2. The van der Waals surface area contributed by atoms with E-state index in [1.165, 1.54) is 6.07 Å². The summed E-state index contributed by atoms with van der Waals surface area (Å²) in [5.74, 6) is -0.601. The Hall–Kier alpha value is -2.08. The molecule has 6 heteroatoms. The van der Waals surface area contributed by atoms with Gasteiger partial charge >= 0.3 is 0 Å². The van der Waals surface area contributed by atoms with E-state index < -0.39 is 15.9 Å². The molecule has 0 atom stereocenters. The number of aryl methyl sites for hydroxylation is 3. The molecule has 2 aromatic rings. The molecule has 1 aromatic heterocycles. The third kappa shape index (κ3) is 3.06. The van der Waals surface area contributed by atoms with Gasteiger partial charge in [-0.25, -0.2) is 13.1 Å². The van der Waals surface area contributed by atoms with Gasteiger partial charge in [0.1, 0.15) is 0 Å². The molecule has 0 saturated heterocycles. The zero-order chi connectivity index (χ0) is 16.5. The highest BCUT2D eigenvalue weighted by atomic mass is 32.2. The predicted molar refractivity (Wildman–Crippen MR) is 85.4 cm³/mol. The fraction of sp³-hybridized carbons (Fsp3) is 0.312. The maximum Gasteiger partial charge on any atom is 0.266 e. The molecule has 0 aliphatic rings. The molecular formula is C16H20N2O3S. The minimum absolute atomic E-state index is 0.0953. The average molecular weight is 320 g/mol. The quantitative estimate of drug-likeness (QED) is 0.940. The Morgan fingerprint density at radius 3 is 2.45 bits per heavy atom. The number of rotatable bonds is 4. The molecule has 0 saturated carbocycles. The fourth-order valence-electron chi connectivity index (χ4n) is 2.33. The molecule has 1 N–H and O–H groups in total. The molecule has 0 aliphatic heterocycles. The number of benzene rings is 1. The van der Waals surface area contributed by atoms with Gasteiger partial charge in [0, 0.05) is 18.9 Å². The van der Waals surface area contributed by atoms with Crippen LogP contribution >= 0.6 is 0 Å². The van der Waals surface area contributed by atoms with Crippen molar-refractivity contribution in [3.05, 3.63) is 52.8 Å². The van der Waals surface area contributed by atoms with Crippen LogP contribution in [0.25, 0.3) is 0 Å².